The average molecular weight is 334 g/mol. The number of rotatable bonds is 6. The van der Waals surface area contributed by atoms with Gasteiger partial charge in [0.1, 0.15) is 5.75 Å². The zero-order chi connectivity index (χ0) is 16.2. The van der Waals surface area contributed by atoms with Crippen LogP contribution in [0.1, 0.15) is 33.1 Å². The molecule has 0 N–H and O–H groups in total. The highest BCUT2D eigenvalue weighted by Crippen LogP contribution is 2.32. The van der Waals surface area contributed by atoms with E-state index in [1.54, 1.807) is 4.90 Å². The number of thiazole rings is 1. The molecular weight excluding hydrogens is 312 g/mol. The van der Waals surface area contributed by atoms with Crippen LogP contribution in [0.25, 0.3) is 10.2 Å². The molecule has 0 aliphatic carbocycles. The lowest BCUT2D eigenvalue weighted by Gasteiger charge is -2.22. The zero-order valence-corrected chi connectivity index (χ0v) is 14.4. The van der Waals surface area contributed by atoms with E-state index in [-0.39, 0.29) is 12.0 Å². The lowest BCUT2D eigenvalue weighted by atomic mass is 10.2. The highest BCUT2D eigenvalue weighted by molar-refractivity contribution is 7.22. The molecule has 1 amide bonds. The predicted octanol–water partition coefficient (Wildman–Crippen LogP) is 3.62. The molecule has 0 radical (unpaired) electrons. The highest BCUT2D eigenvalue weighted by Gasteiger charge is 2.25. The fraction of sp³-hybridized carbons (Fsp3) is 0.529. The van der Waals surface area contributed by atoms with Gasteiger partial charge in [-0.3, -0.25) is 9.69 Å². The molecule has 23 heavy (non-hydrogen) atoms. The molecule has 2 aromatic rings. The van der Waals surface area contributed by atoms with Crippen molar-refractivity contribution in [3.8, 4) is 5.75 Å². The van der Waals surface area contributed by atoms with Crippen molar-refractivity contribution in [2.24, 2.45) is 0 Å². The Morgan fingerprint density at radius 2 is 2.35 bits per heavy atom. The van der Waals surface area contributed by atoms with Crippen LogP contribution in [0.2, 0.25) is 0 Å². The number of benzene rings is 1. The molecule has 3 rings (SSSR count). The van der Waals surface area contributed by atoms with Crippen molar-refractivity contribution >= 4 is 32.6 Å². The van der Waals surface area contributed by atoms with E-state index in [9.17, 15) is 4.79 Å². The van der Waals surface area contributed by atoms with Gasteiger partial charge in [-0.2, -0.15) is 0 Å². The molecule has 1 aromatic carbocycles. The number of nitrogens with zero attached hydrogens (tertiary/aromatic N) is 2. The maximum atomic E-state index is 12.4. The molecule has 124 valence electrons. The Morgan fingerprint density at radius 1 is 1.48 bits per heavy atom. The van der Waals surface area contributed by atoms with Gasteiger partial charge >= 0.3 is 0 Å². The smallest absolute Gasteiger partial charge is 0.228 e. The number of aromatic nitrogens is 1. The minimum Gasteiger partial charge on any atom is -0.494 e. The Kier molecular flexibility index (Phi) is 5.13. The van der Waals surface area contributed by atoms with Gasteiger partial charge in [-0.1, -0.05) is 18.3 Å². The minimum atomic E-state index is 0.0876. The monoisotopic (exact) mass is 334 g/mol. The molecule has 1 aliphatic heterocycles. The van der Waals surface area contributed by atoms with Crippen molar-refractivity contribution in [2.75, 3.05) is 24.7 Å². The van der Waals surface area contributed by atoms with Gasteiger partial charge < -0.3 is 9.47 Å². The molecule has 1 atom stereocenters. The number of amides is 1. The Balaban J connectivity index is 1.88. The van der Waals surface area contributed by atoms with Crippen LogP contribution in [0.3, 0.4) is 0 Å². The Hall–Kier alpha value is -1.66. The fourth-order valence-electron chi connectivity index (χ4n) is 2.73. The summed E-state index contributed by atoms with van der Waals surface area (Å²) >= 11 is 1.53. The Morgan fingerprint density at radius 3 is 3.04 bits per heavy atom. The van der Waals surface area contributed by atoms with Gasteiger partial charge in [-0.05, 0) is 38.0 Å². The van der Waals surface area contributed by atoms with E-state index in [0.29, 0.717) is 19.6 Å². The molecule has 1 unspecified atom stereocenters. The summed E-state index contributed by atoms with van der Waals surface area (Å²) in [5.41, 5.74) is 0.898. The van der Waals surface area contributed by atoms with Crippen molar-refractivity contribution in [3.05, 3.63) is 18.2 Å². The van der Waals surface area contributed by atoms with Gasteiger partial charge in [0.2, 0.25) is 5.91 Å². The lowest BCUT2D eigenvalue weighted by Crippen LogP contribution is -2.37. The van der Waals surface area contributed by atoms with E-state index in [2.05, 4.69) is 4.98 Å². The summed E-state index contributed by atoms with van der Waals surface area (Å²) in [7, 11) is 0. The molecule has 2 heterocycles. The van der Waals surface area contributed by atoms with Crippen LogP contribution < -0.4 is 9.64 Å². The number of hydrogen-bond donors (Lipinski definition) is 0. The summed E-state index contributed by atoms with van der Waals surface area (Å²) in [6.45, 7) is 5.86. The van der Waals surface area contributed by atoms with E-state index in [0.717, 1.165) is 40.5 Å². The van der Waals surface area contributed by atoms with Gasteiger partial charge in [-0.25, -0.2) is 4.98 Å². The van der Waals surface area contributed by atoms with Crippen LogP contribution in [-0.2, 0) is 9.53 Å². The molecule has 1 saturated heterocycles. The van der Waals surface area contributed by atoms with Crippen LogP contribution in [-0.4, -0.2) is 36.8 Å². The second-order valence-electron chi connectivity index (χ2n) is 5.55. The van der Waals surface area contributed by atoms with Gasteiger partial charge in [0.15, 0.2) is 5.13 Å². The molecule has 1 fully saturated rings. The summed E-state index contributed by atoms with van der Waals surface area (Å²) in [4.78, 5) is 18.8. The number of carbonyl (C=O) groups excluding carboxylic acids is 1. The summed E-state index contributed by atoms with van der Waals surface area (Å²) in [6.07, 6.45) is 2.66. The molecule has 1 aromatic heterocycles. The lowest BCUT2D eigenvalue weighted by molar-refractivity contribution is -0.118. The molecule has 5 nitrogen and oxygen atoms in total. The first kappa shape index (κ1) is 16.2. The third-order valence-electron chi connectivity index (χ3n) is 3.90. The summed E-state index contributed by atoms with van der Waals surface area (Å²) < 4.78 is 12.3. The third-order valence-corrected chi connectivity index (χ3v) is 4.95. The van der Waals surface area contributed by atoms with E-state index >= 15 is 0 Å². The quantitative estimate of drug-likeness (QED) is 0.810. The van der Waals surface area contributed by atoms with Crippen LogP contribution in [0.15, 0.2) is 18.2 Å². The standard InChI is InChI=1S/C17H22N2O3S/c1-3-16(20)19(11-13-6-5-9-22-13)17-18-14-8-7-12(21-4-2)10-15(14)23-17/h7-8,10,13H,3-6,9,11H2,1-2H3. The predicted molar refractivity (Wildman–Crippen MR) is 92.4 cm³/mol. The van der Waals surface area contributed by atoms with E-state index in [1.165, 1.54) is 11.3 Å². The zero-order valence-electron chi connectivity index (χ0n) is 13.6. The van der Waals surface area contributed by atoms with Crippen molar-refractivity contribution in [3.63, 3.8) is 0 Å². The van der Waals surface area contributed by atoms with Crippen LogP contribution in [0.4, 0.5) is 5.13 Å². The van der Waals surface area contributed by atoms with Gasteiger partial charge in [0, 0.05) is 13.0 Å². The maximum absolute atomic E-state index is 12.4. The molecule has 0 spiro atoms. The highest BCUT2D eigenvalue weighted by atomic mass is 32.1. The molecule has 0 bridgehead atoms. The normalized spacial score (nSPS) is 17.6. The Labute approximate surface area is 140 Å². The first-order valence-corrected chi connectivity index (χ1v) is 8.98. The molecule has 1 aliphatic rings. The summed E-state index contributed by atoms with van der Waals surface area (Å²) in [5.74, 6) is 0.923. The Bertz CT molecular complexity index is 680. The minimum absolute atomic E-state index is 0.0876. The van der Waals surface area contributed by atoms with Crippen molar-refractivity contribution < 1.29 is 14.3 Å². The van der Waals surface area contributed by atoms with Crippen molar-refractivity contribution in [1.82, 2.24) is 4.98 Å². The van der Waals surface area contributed by atoms with Crippen LogP contribution >= 0.6 is 11.3 Å². The summed E-state index contributed by atoms with van der Waals surface area (Å²) in [5, 5.41) is 0.746. The number of anilines is 1. The molecule has 0 saturated carbocycles. The number of fused-ring (bicyclic) bond motifs is 1. The summed E-state index contributed by atoms with van der Waals surface area (Å²) in [6, 6.07) is 5.85. The third kappa shape index (κ3) is 3.64. The van der Waals surface area contributed by atoms with E-state index in [1.807, 2.05) is 32.0 Å². The second-order valence-corrected chi connectivity index (χ2v) is 6.56. The average Bonchev–Trinajstić information content (AvgIpc) is 3.20. The van der Waals surface area contributed by atoms with Crippen LogP contribution in [0.5, 0.6) is 5.75 Å². The maximum Gasteiger partial charge on any atom is 0.228 e. The number of ether oxygens (including phenoxy) is 2. The van der Waals surface area contributed by atoms with Gasteiger partial charge in [-0.15, -0.1) is 0 Å². The SMILES string of the molecule is CCOc1ccc2nc(N(CC3CCCO3)C(=O)CC)sc2c1. The molecule has 6 heteroatoms. The van der Waals surface area contributed by atoms with E-state index < -0.39 is 0 Å². The number of carbonyl (C=O) groups is 1. The number of hydrogen-bond acceptors (Lipinski definition) is 5. The van der Waals surface area contributed by atoms with Crippen LogP contribution in [0, 0.1) is 0 Å². The first-order chi connectivity index (χ1) is 11.2. The van der Waals surface area contributed by atoms with Crippen molar-refractivity contribution in [2.45, 2.75) is 39.2 Å². The second kappa shape index (κ2) is 7.27. The van der Waals surface area contributed by atoms with Crippen molar-refractivity contribution in [1.29, 1.82) is 0 Å². The largest absolute Gasteiger partial charge is 0.494 e. The fourth-order valence-corrected chi connectivity index (χ4v) is 3.75. The van der Waals surface area contributed by atoms with E-state index in [4.69, 9.17) is 9.47 Å². The molecular formula is C17H22N2O3S. The van der Waals surface area contributed by atoms with Gasteiger partial charge in [0.05, 0.1) is 29.5 Å². The first-order valence-electron chi connectivity index (χ1n) is 8.16. The van der Waals surface area contributed by atoms with Gasteiger partial charge in [0.25, 0.3) is 0 Å². The topological polar surface area (TPSA) is 51.7 Å².